The summed E-state index contributed by atoms with van der Waals surface area (Å²) in [4.78, 5) is 38.3. The molecule has 7 heteroatoms. The molecule has 0 saturated carbocycles. The average molecular weight is 410 g/mol. The molecule has 0 heterocycles. The highest BCUT2D eigenvalue weighted by Crippen LogP contribution is 2.31. The summed E-state index contributed by atoms with van der Waals surface area (Å²) in [6.07, 6.45) is -4.52. The summed E-state index contributed by atoms with van der Waals surface area (Å²) >= 11 is 0. The van der Waals surface area contributed by atoms with Gasteiger partial charge >= 0.3 is 12.1 Å². The number of carbonyl (C=O) groups is 3. The summed E-state index contributed by atoms with van der Waals surface area (Å²) in [5.74, 6) is -1.76. The zero-order chi connectivity index (χ0) is 21.5. The number of rotatable bonds is 3. The lowest BCUT2D eigenvalue weighted by Crippen LogP contribution is -2.24. The van der Waals surface area contributed by atoms with Crippen LogP contribution in [0, 0.1) is 0 Å². The third-order valence-electron chi connectivity index (χ3n) is 4.80. The number of halogens is 3. The number of ketones is 2. The van der Waals surface area contributed by atoms with E-state index in [2.05, 4.69) is 0 Å². The highest BCUT2D eigenvalue weighted by Gasteiger charge is 2.33. The number of carbonyl (C=O) groups excluding carboxylic acids is 3. The summed E-state index contributed by atoms with van der Waals surface area (Å²) in [6.45, 7) is -0.412. The van der Waals surface area contributed by atoms with Crippen LogP contribution in [-0.4, -0.2) is 17.5 Å². The van der Waals surface area contributed by atoms with E-state index in [-0.39, 0.29) is 39.2 Å². The van der Waals surface area contributed by atoms with E-state index in [0.29, 0.717) is 0 Å². The lowest BCUT2D eigenvalue weighted by atomic mass is 9.82. The zero-order valence-electron chi connectivity index (χ0n) is 15.3. The minimum atomic E-state index is -4.52. The van der Waals surface area contributed by atoms with Crippen molar-refractivity contribution < 1.29 is 32.3 Å². The van der Waals surface area contributed by atoms with Crippen LogP contribution in [0.25, 0.3) is 0 Å². The summed E-state index contributed by atoms with van der Waals surface area (Å²) in [7, 11) is 0. The lowest BCUT2D eigenvalue weighted by Gasteiger charge is -2.19. The van der Waals surface area contributed by atoms with Crippen molar-refractivity contribution in [2.75, 3.05) is 0 Å². The van der Waals surface area contributed by atoms with Crippen molar-refractivity contribution in [3.63, 3.8) is 0 Å². The molecule has 0 bridgehead atoms. The van der Waals surface area contributed by atoms with Crippen molar-refractivity contribution in [1.82, 2.24) is 0 Å². The molecule has 0 atom stereocenters. The molecule has 1 aliphatic rings. The normalized spacial score (nSPS) is 12.9. The first-order valence-electron chi connectivity index (χ1n) is 8.92. The van der Waals surface area contributed by atoms with Gasteiger partial charge in [0.15, 0.2) is 11.6 Å². The molecular weight excluding hydrogens is 397 g/mol. The number of alkyl halides is 3. The first-order valence-corrected chi connectivity index (χ1v) is 8.92. The minimum Gasteiger partial charge on any atom is -0.457 e. The fraction of sp³-hybridized carbons (Fsp3) is 0.0870. The largest absolute Gasteiger partial charge is 0.457 e. The van der Waals surface area contributed by atoms with Crippen LogP contribution in [0.5, 0.6) is 0 Å². The third-order valence-corrected chi connectivity index (χ3v) is 4.80. The van der Waals surface area contributed by atoms with Crippen molar-refractivity contribution in [2.24, 2.45) is 0 Å². The van der Waals surface area contributed by atoms with Gasteiger partial charge in [-0.2, -0.15) is 13.2 Å². The van der Waals surface area contributed by atoms with Crippen LogP contribution in [0.15, 0.2) is 66.7 Å². The Labute approximate surface area is 168 Å². The molecule has 150 valence electrons. The number of esters is 1. The van der Waals surface area contributed by atoms with Crippen LogP contribution in [0.3, 0.4) is 0 Å². The topological polar surface area (TPSA) is 60.4 Å². The van der Waals surface area contributed by atoms with E-state index in [4.69, 9.17) is 4.74 Å². The SMILES string of the molecule is O=C(OCc1cccc(C(F)(F)F)c1)c1cccc2c1C(=O)c1ccccc1C2=O. The molecule has 0 aromatic heterocycles. The van der Waals surface area contributed by atoms with Crippen LogP contribution < -0.4 is 0 Å². The van der Waals surface area contributed by atoms with Gasteiger partial charge in [0.05, 0.1) is 11.1 Å². The molecule has 4 rings (SSSR count). The molecular formula is C23H13F3O4. The van der Waals surface area contributed by atoms with Gasteiger partial charge in [-0.15, -0.1) is 0 Å². The summed E-state index contributed by atoms with van der Waals surface area (Å²) in [5, 5.41) is 0. The molecule has 0 unspecified atom stereocenters. The Bertz CT molecular complexity index is 1200. The molecule has 0 saturated heterocycles. The summed E-state index contributed by atoms with van der Waals surface area (Å²) < 4.78 is 43.7. The van der Waals surface area contributed by atoms with E-state index in [1.54, 1.807) is 12.1 Å². The Morgan fingerprint density at radius 3 is 2.13 bits per heavy atom. The van der Waals surface area contributed by atoms with Crippen molar-refractivity contribution in [3.8, 4) is 0 Å². The molecule has 30 heavy (non-hydrogen) atoms. The third kappa shape index (κ3) is 3.39. The molecule has 0 fully saturated rings. The molecule has 4 nitrogen and oxygen atoms in total. The maximum Gasteiger partial charge on any atom is 0.416 e. The summed E-state index contributed by atoms with van der Waals surface area (Å²) in [6, 6.07) is 15.0. The maximum atomic E-state index is 12.9. The molecule has 0 amide bonds. The van der Waals surface area contributed by atoms with E-state index < -0.39 is 30.1 Å². The molecule has 0 N–H and O–H groups in total. The molecule has 0 aliphatic heterocycles. The first kappa shape index (κ1) is 19.6. The molecule has 3 aromatic carbocycles. The fourth-order valence-electron chi connectivity index (χ4n) is 3.38. The van der Waals surface area contributed by atoms with E-state index in [1.807, 2.05) is 0 Å². The van der Waals surface area contributed by atoms with E-state index in [0.717, 1.165) is 12.1 Å². The molecule has 1 aliphatic carbocycles. The van der Waals surface area contributed by atoms with Gasteiger partial charge in [0, 0.05) is 22.3 Å². The fourth-order valence-corrected chi connectivity index (χ4v) is 3.38. The van der Waals surface area contributed by atoms with Crippen LogP contribution >= 0.6 is 0 Å². The zero-order valence-corrected chi connectivity index (χ0v) is 15.3. The number of hydrogen-bond donors (Lipinski definition) is 0. The van der Waals surface area contributed by atoms with Gasteiger partial charge in [-0.1, -0.05) is 48.5 Å². The predicted octanol–water partition coefficient (Wildman–Crippen LogP) is 4.84. The Balaban J connectivity index is 1.63. The molecule has 0 radical (unpaired) electrons. The quantitative estimate of drug-likeness (QED) is 0.454. The standard InChI is InChI=1S/C23H13F3O4/c24-23(25,26)14-6-3-5-13(11-14)12-30-22(29)18-10-4-9-17-19(18)21(28)16-8-2-1-7-15(16)20(17)27/h1-11H,12H2. The van der Waals surface area contributed by atoms with Gasteiger partial charge in [0.25, 0.3) is 0 Å². The highest BCUT2D eigenvalue weighted by atomic mass is 19.4. The van der Waals surface area contributed by atoms with Gasteiger partial charge in [-0.3, -0.25) is 9.59 Å². The van der Waals surface area contributed by atoms with Crippen molar-refractivity contribution in [1.29, 1.82) is 0 Å². The number of benzene rings is 3. The Hall–Kier alpha value is -3.74. The maximum absolute atomic E-state index is 12.9. The Morgan fingerprint density at radius 1 is 0.800 bits per heavy atom. The van der Waals surface area contributed by atoms with Crippen molar-refractivity contribution in [3.05, 3.63) is 106 Å². The van der Waals surface area contributed by atoms with Crippen molar-refractivity contribution in [2.45, 2.75) is 12.8 Å². The lowest BCUT2D eigenvalue weighted by molar-refractivity contribution is -0.137. The van der Waals surface area contributed by atoms with Crippen LogP contribution in [0.2, 0.25) is 0 Å². The average Bonchev–Trinajstić information content (AvgIpc) is 2.75. The van der Waals surface area contributed by atoms with Gasteiger partial charge in [0.2, 0.25) is 0 Å². The number of hydrogen-bond acceptors (Lipinski definition) is 4. The van der Waals surface area contributed by atoms with Gasteiger partial charge in [-0.25, -0.2) is 4.79 Å². The highest BCUT2D eigenvalue weighted by molar-refractivity contribution is 6.30. The second-order valence-corrected chi connectivity index (χ2v) is 6.71. The molecule has 0 spiro atoms. The first-order chi connectivity index (χ1) is 14.3. The van der Waals surface area contributed by atoms with Crippen LogP contribution in [0.4, 0.5) is 13.2 Å². The van der Waals surface area contributed by atoms with E-state index in [9.17, 15) is 27.6 Å². The van der Waals surface area contributed by atoms with Gasteiger partial charge in [0.1, 0.15) is 6.61 Å². The minimum absolute atomic E-state index is 0.0600. The Morgan fingerprint density at radius 2 is 1.43 bits per heavy atom. The Kier molecular flexibility index (Phi) is 4.73. The smallest absolute Gasteiger partial charge is 0.416 e. The second kappa shape index (κ2) is 7.26. The van der Waals surface area contributed by atoms with Gasteiger partial charge < -0.3 is 4.74 Å². The number of ether oxygens (including phenoxy) is 1. The monoisotopic (exact) mass is 410 g/mol. The van der Waals surface area contributed by atoms with E-state index >= 15 is 0 Å². The predicted molar refractivity (Wildman–Crippen MR) is 100 cm³/mol. The van der Waals surface area contributed by atoms with Crippen molar-refractivity contribution >= 4 is 17.5 Å². The van der Waals surface area contributed by atoms with Crippen LogP contribution in [-0.2, 0) is 17.5 Å². The molecule has 3 aromatic rings. The second-order valence-electron chi connectivity index (χ2n) is 6.71. The number of fused-ring (bicyclic) bond motifs is 2. The van der Waals surface area contributed by atoms with E-state index in [1.165, 1.54) is 42.5 Å². The van der Waals surface area contributed by atoms with Crippen LogP contribution in [0.1, 0.15) is 53.3 Å². The van der Waals surface area contributed by atoms with Gasteiger partial charge in [-0.05, 0) is 23.8 Å². The summed E-state index contributed by atoms with van der Waals surface area (Å²) in [5.41, 5.74) is -0.339.